The number of hydrogen-bond donors (Lipinski definition) is 1. The quantitative estimate of drug-likeness (QED) is 0.552. The average Bonchev–Trinajstić information content (AvgIpc) is 2.06. The molecule has 0 unspecified atom stereocenters. The van der Waals surface area contributed by atoms with Gasteiger partial charge in [-0.25, -0.2) is 0 Å². The van der Waals surface area contributed by atoms with Gasteiger partial charge in [-0.3, -0.25) is 0 Å². The van der Waals surface area contributed by atoms with Crippen molar-refractivity contribution >= 4 is 0 Å². The second kappa shape index (κ2) is 3.11. The molecule has 2 nitrogen and oxygen atoms in total. The summed E-state index contributed by atoms with van der Waals surface area (Å²) in [7, 11) is 2.28. The van der Waals surface area contributed by atoms with Crippen LogP contribution in [-0.2, 0) is 0 Å². The summed E-state index contributed by atoms with van der Waals surface area (Å²) in [5.74, 6) is 0.947. The van der Waals surface area contributed by atoms with E-state index in [-0.39, 0.29) is 0 Å². The smallest absolute Gasteiger partial charge is 0.0145 e. The fraction of sp³-hybridized carbons (Fsp3) is 1.00. The van der Waals surface area contributed by atoms with Crippen molar-refractivity contribution in [1.82, 2.24) is 10.2 Å². The van der Waals surface area contributed by atoms with Crippen molar-refractivity contribution in [3.63, 3.8) is 0 Å². The Morgan fingerprint density at radius 3 is 3.09 bits per heavy atom. The molecule has 0 aromatic rings. The topological polar surface area (TPSA) is 15.3 Å². The third-order valence-electron chi connectivity index (χ3n) is 3.22. The van der Waals surface area contributed by atoms with Crippen LogP contribution in [-0.4, -0.2) is 37.6 Å². The van der Waals surface area contributed by atoms with Crippen molar-refractivity contribution in [3.05, 3.63) is 0 Å². The second-order valence-electron chi connectivity index (χ2n) is 3.94. The summed E-state index contributed by atoms with van der Waals surface area (Å²) in [6.07, 6.45) is 4.21. The van der Waals surface area contributed by atoms with Crippen molar-refractivity contribution in [3.8, 4) is 0 Å². The van der Waals surface area contributed by atoms with Gasteiger partial charge in [0.2, 0.25) is 0 Å². The van der Waals surface area contributed by atoms with Crippen molar-refractivity contribution < 1.29 is 0 Å². The minimum absolute atomic E-state index is 0.894. The van der Waals surface area contributed by atoms with E-state index in [9.17, 15) is 0 Å². The first-order chi connectivity index (χ1) is 5.38. The third-order valence-corrected chi connectivity index (χ3v) is 3.22. The zero-order valence-corrected chi connectivity index (χ0v) is 7.34. The van der Waals surface area contributed by atoms with Crippen molar-refractivity contribution in [2.45, 2.75) is 25.3 Å². The van der Waals surface area contributed by atoms with Gasteiger partial charge in [-0.1, -0.05) is 0 Å². The van der Waals surface area contributed by atoms with E-state index in [1.54, 1.807) is 0 Å². The maximum Gasteiger partial charge on any atom is 0.0145 e. The summed E-state index contributed by atoms with van der Waals surface area (Å²) in [6, 6.07) is 0.894. The summed E-state index contributed by atoms with van der Waals surface area (Å²) < 4.78 is 0. The minimum atomic E-state index is 0.894. The number of piperidine rings is 2. The van der Waals surface area contributed by atoms with Gasteiger partial charge < -0.3 is 10.2 Å². The molecule has 2 aliphatic heterocycles. The molecule has 0 saturated carbocycles. The van der Waals surface area contributed by atoms with Crippen LogP contribution in [0, 0.1) is 5.92 Å². The number of fused-ring (bicyclic) bond motifs is 1. The minimum Gasteiger partial charge on any atom is -0.316 e. The molecular weight excluding hydrogens is 136 g/mol. The van der Waals surface area contributed by atoms with Crippen LogP contribution in [0.15, 0.2) is 0 Å². The van der Waals surface area contributed by atoms with Gasteiger partial charge in [-0.15, -0.1) is 0 Å². The van der Waals surface area contributed by atoms with Crippen molar-refractivity contribution in [1.29, 1.82) is 0 Å². The Morgan fingerprint density at radius 2 is 2.27 bits per heavy atom. The first-order valence-corrected chi connectivity index (χ1v) is 4.79. The Kier molecular flexibility index (Phi) is 2.14. The van der Waals surface area contributed by atoms with Crippen LogP contribution in [0.2, 0.25) is 0 Å². The average molecular weight is 154 g/mol. The van der Waals surface area contributed by atoms with E-state index in [4.69, 9.17) is 0 Å². The lowest BCUT2D eigenvalue weighted by molar-refractivity contribution is 0.0933. The molecule has 0 amide bonds. The van der Waals surface area contributed by atoms with E-state index in [1.165, 1.54) is 38.9 Å². The van der Waals surface area contributed by atoms with E-state index in [2.05, 4.69) is 17.3 Å². The van der Waals surface area contributed by atoms with Crippen LogP contribution in [0.25, 0.3) is 0 Å². The van der Waals surface area contributed by atoms with Gasteiger partial charge in [0, 0.05) is 6.04 Å². The molecule has 0 radical (unpaired) electrons. The molecule has 2 heterocycles. The predicted molar refractivity (Wildman–Crippen MR) is 46.6 cm³/mol. The number of rotatable bonds is 0. The zero-order valence-electron chi connectivity index (χ0n) is 7.34. The first kappa shape index (κ1) is 7.56. The molecular formula is C9H18N2. The van der Waals surface area contributed by atoms with Crippen LogP contribution >= 0.6 is 0 Å². The molecule has 2 rings (SSSR count). The molecule has 64 valence electrons. The standard InChI is InChI=1S/C9H18N2/c1-11-6-2-3-8-7-10-5-4-9(8)11/h8-10H,2-7H2,1H3/t8-,9-/m1/s1. The van der Waals surface area contributed by atoms with Crippen LogP contribution in [0.1, 0.15) is 19.3 Å². The highest BCUT2D eigenvalue weighted by Gasteiger charge is 2.30. The Bertz CT molecular complexity index is 134. The molecule has 1 N–H and O–H groups in total. The molecule has 0 spiro atoms. The number of hydrogen-bond acceptors (Lipinski definition) is 2. The van der Waals surface area contributed by atoms with Gasteiger partial charge in [0.05, 0.1) is 0 Å². The molecule has 0 aromatic heterocycles. The largest absolute Gasteiger partial charge is 0.316 e. The SMILES string of the molecule is CN1CCC[C@@H]2CNCC[C@H]21. The highest BCUT2D eigenvalue weighted by Crippen LogP contribution is 2.25. The van der Waals surface area contributed by atoms with Crippen LogP contribution in [0.5, 0.6) is 0 Å². The van der Waals surface area contributed by atoms with E-state index >= 15 is 0 Å². The van der Waals surface area contributed by atoms with Crippen LogP contribution in [0.4, 0.5) is 0 Å². The Morgan fingerprint density at radius 1 is 1.36 bits per heavy atom. The van der Waals surface area contributed by atoms with E-state index in [0.717, 1.165) is 12.0 Å². The van der Waals surface area contributed by atoms with E-state index in [0.29, 0.717) is 0 Å². The maximum atomic E-state index is 3.48. The summed E-state index contributed by atoms with van der Waals surface area (Å²) in [5.41, 5.74) is 0. The zero-order chi connectivity index (χ0) is 7.68. The third kappa shape index (κ3) is 1.42. The molecule has 0 aromatic carbocycles. The van der Waals surface area contributed by atoms with Crippen molar-refractivity contribution in [2.24, 2.45) is 5.92 Å². The molecule has 2 heteroatoms. The van der Waals surface area contributed by atoms with Gasteiger partial charge in [-0.2, -0.15) is 0 Å². The number of nitrogens with zero attached hydrogens (tertiary/aromatic N) is 1. The monoisotopic (exact) mass is 154 g/mol. The molecule has 0 bridgehead atoms. The Hall–Kier alpha value is -0.0800. The summed E-state index contributed by atoms with van der Waals surface area (Å²) in [5, 5.41) is 3.48. The molecule has 2 saturated heterocycles. The number of nitrogens with one attached hydrogen (secondary N) is 1. The molecule has 11 heavy (non-hydrogen) atoms. The molecule has 0 aliphatic carbocycles. The predicted octanol–water partition coefficient (Wildman–Crippen LogP) is 0.690. The lowest BCUT2D eigenvalue weighted by atomic mass is 9.85. The second-order valence-corrected chi connectivity index (χ2v) is 3.94. The van der Waals surface area contributed by atoms with E-state index in [1.807, 2.05) is 0 Å². The van der Waals surface area contributed by atoms with Gasteiger partial charge in [0.25, 0.3) is 0 Å². The highest BCUT2D eigenvalue weighted by atomic mass is 15.2. The summed E-state index contributed by atoms with van der Waals surface area (Å²) in [4.78, 5) is 2.55. The molecule has 2 aliphatic rings. The summed E-state index contributed by atoms with van der Waals surface area (Å²) >= 11 is 0. The van der Waals surface area contributed by atoms with Gasteiger partial charge in [0.1, 0.15) is 0 Å². The fourth-order valence-electron chi connectivity index (χ4n) is 2.55. The molecule has 2 atom stereocenters. The normalized spacial score (nSPS) is 40.1. The van der Waals surface area contributed by atoms with Crippen LogP contribution < -0.4 is 5.32 Å². The fourth-order valence-corrected chi connectivity index (χ4v) is 2.55. The summed E-state index contributed by atoms with van der Waals surface area (Å²) in [6.45, 7) is 3.81. The van der Waals surface area contributed by atoms with Gasteiger partial charge in [0.15, 0.2) is 0 Å². The Balaban J connectivity index is 1.99. The molecule has 2 fully saturated rings. The van der Waals surface area contributed by atoms with Crippen LogP contribution in [0.3, 0.4) is 0 Å². The van der Waals surface area contributed by atoms with E-state index < -0.39 is 0 Å². The first-order valence-electron chi connectivity index (χ1n) is 4.79. The van der Waals surface area contributed by atoms with Gasteiger partial charge >= 0.3 is 0 Å². The lowest BCUT2D eigenvalue weighted by Gasteiger charge is -2.42. The Labute approximate surface area is 69.0 Å². The van der Waals surface area contributed by atoms with Gasteiger partial charge in [-0.05, 0) is 51.9 Å². The number of likely N-dealkylation sites (tertiary alicyclic amines) is 1. The van der Waals surface area contributed by atoms with Crippen molar-refractivity contribution in [2.75, 3.05) is 26.7 Å². The lowest BCUT2D eigenvalue weighted by Crippen LogP contribution is -2.51. The highest BCUT2D eigenvalue weighted by molar-refractivity contribution is 4.87. The maximum absolute atomic E-state index is 3.48.